The van der Waals surface area contributed by atoms with Crippen LogP contribution < -0.4 is 0 Å². The van der Waals surface area contributed by atoms with Crippen molar-refractivity contribution in [1.82, 2.24) is 0 Å². The Morgan fingerprint density at radius 2 is 1.38 bits per heavy atom. The fourth-order valence-electron chi connectivity index (χ4n) is 3.26. The molecule has 0 aromatic heterocycles. The number of rotatable bonds is 5. The van der Waals surface area contributed by atoms with Crippen molar-refractivity contribution in [2.45, 2.75) is 28.1 Å². The van der Waals surface area contributed by atoms with Gasteiger partial charge in [-0.2, -0.15) is 30.7 Å². The minimum Gasteiger partial charge on any atom is -0.248 e. The molecule has 0 radical (unpaired) electrons. The fourth-order valence-corrected chi connectivity index (χ4v) is 6.97. The van der Waals surface area contributed by atoms with Crippen molar-refractivity contribution in [2.75, 3.05) is 0 Å². The molecule has 2 aromatic carbocycles. The van der Waals surface area contributed by atoms with E-state index in [0.29, 0.717) is 6.08 Å². The van der Waals surface area contributed by atoms with Gasteiger partial charge in [-0.05, 0) is 18.2 Å². The molecule has 1 aliphatic carbocycles. The van der Waals surface area contributed by atoms with Crippen molar-refractivity contribution in [1.29, 1.82) is 0 Å². The summed E-state index contributed by atoms with van der Waals surface area (Å²) < 4.78 is 135. The lowest BCUT2D eigenvalue weighted by Gasteiger charge is -2.34. The maximum absolute atomic E-state index is 14.5. The van der Waals surface area contributed by atoms with Crippen LogP contribution in [0.5, 0.6) is 0 Å². The van der Waals surface area contributed by atoms with Crippen LogP contribution in [0.4, 0.5) is 39.5 Å². The van der Waals surface area contributed by atoms with Gasteiger partial charge in [0.2, 0.25) is 0 Å². The average Bonchev–Trinajstić information content (AvgIpc) is 2.73. The van der Waals surface area contributed by atoms with Gasteiger partial charge in [-0.15, -0.1) is 0 Å². The number of hydrogen-bond acceptors (Lipinski definition) is 1. The van der Waals surface area contributed by atoms with Gasteiger partial charge in [0.1, 0.15) is 22.4 Å². The van der Waals surface area contributed by atoms with Gasteiger partial charge in [-0.3, -0.25) is 0 Å². The van der Waals surface area contributed by atoms with E-state index >= 15 is 0 Å². The second-order valence-electron chi connectivity index (χ2n) is 7.15. The predicted molar refractivity (Wildman–Crippen MR) is 116 cm³/mol. The first-order valence-electron chi connectivity index (χ1n) is 9.09. The predicted octanol–water partition coefficient (Wildman–Crippen LogP) is 8.19. The lowest BCUT2D eigenvalue weighted by Crippen LogP contribution is -2.54. The zero-order chi connectivity index (χ0) is 25.7. The van der Waals surface area contributed by atoms with Crippen LogP contribution in [0, 0.1) is 11.6 Å². The second kappa shape index (κ2) is 9.12. The summed E-state index contributed by atoms with van der Waals surface area (Å²) >= 11 is 6.14. The largest absolute Gasteiger partial charge is 0.461 e. The molecule has 34 heavy (non-hydrogen) atoms. The highest BCUT2D eigenvalue weighted by molar-refractivity contribution is 9.12. The molecule has 0 fully saturated rings. The number of benzene rings is 2. The Hall–Kier alpha value is -1.60. The Labute approximate surface area is 206 Å². The van der Waals surface area contributed by atoms with Crippen molar-refractivity contribution in [3.05, 3.63) is 86.8 Å². The van der Waals surface area contributed by atoms with Crippen LogP contribution in [0.2, 0.25) is 0 Å². The molecule has 0 aliphatic heterocycles. The summed E-state index contributed by atoms with van der Waals surface area (Å²) in [5.74, 6) is -8.61. The van der Waals surface area contributed by atoms with Crippen LogP contribution in [0.1, 0.15) is 17.5 Å². The Morgan fingerprint density at radius 1 is 0.853 bits per heavy atom. The third-order valence-corrected chi connectivity index (χ3v) is 7.97. The first-order chi connectivity index (χ1) is 15.5. The average molecular weight is 642 g/mol. The molecule has 0 spiro atoms. The first-order valence-corrected chi connectivity index (χ1v) is 11.8. The van der Waals surface area contributed by atoms with Gasteiger partial charge in [-0.25, -0.2) is 13.0 Å². The minimum absolute atomic E-state index is 0.185. The summed E-state index contributed by atoms with van der Waals surface area (Å²) in [7, 11) is -4.37. The van der Waals surface area contributed by atoms with Gasteiger partial charge < -0.3 is 0 Å². The molecule has 0 N–H and O–H groups in total. The summed E-state index contributed by atoms with van der Waals surface area (Å²) in [6.45, 7) is 0. The van der Waals surface area contributed by atoms with E-state index in [1.54, 1.807) is 0 Å². The highest BCUT2D eigenvalue weighted by atomic mass is 79.9. The van der Waals surface area contributed by atoms with Crippen LogP contribution in [-0.2, 0) is 15.1 Å². The molecule has 0 bridgehead atoms. The van der Waals surface area contributed by atoms with Crippen molar-refractivity contribution in [3.8, 4) is 0 Å². The molecule has 0 heterocycles. The number of alkyl halides is 8. The van der Waals surface area contributed by atoms with Gasteiger partial charge in [-0.1, -0.05) is 68.3 Å². The third kappa shape index (κ3) is 4.50. The molecule has 1 aliphatic rings. The number of allylic oxidation sites excluding steroid dienone is 3. The minimum atomic E-state index is -6.74. The molecule has 0 saturated heterocycles. The van der Waals surface area contributed by atoms with E-state index in [0.717, 1.165) is 18.2 Å². The number of hydrogen-bond donors (Lipinski definition) is 0. The lowest BCUT2D eigenvalue weighted by molar-refractivity contribution is -0.331. The Kier molecular flexibility index (Phi) is 7.24. The maximum Gasteiger partial charge on any atom is 0.461 e. The van der Waals surface area contributed by atoms with Gasteiger partial charge >= 0.3 is 17.4 Å². The van der Waals surface area contributed by atoms with Crippen LogP contribution in [-0.4, -0.2) is 21.6 Å². The molecule has 184 valence electrons. The van der Waals surface area contributed by atoms with Gasteiger partial charge in [0.25, 0.3) is 0 Å². The molecule has 1 nitrogen and oxygen atoms in total. The molecule has 2 atom stereocenters. The highest BCUT2D eigenvalue weighted by Crippen LogP contribution is 2.55. The van der Waals surface area contributed by atoms with Crippen LogP contribution >= 0.6 is 31.9 Å². The van der Waals surface area contributed by atoms with Crippen LogP contribution in [0.3, 0.4) is 0 Å². The number of halogens is 11. The molecule has 0 saturated carbocycles. The van der Waals surface area contributed by atoms with E-state index in [2.05, 4.69) is 31.9 Å². The van der Waals surface area contributed by atoms with E-state index in [-0.39, 0.29) is 16.5 Å². The Bertz CT molecular complexity index is 1210. The normalized spacial score (nSPS) is 20.9. The van der Waals surface area contributed by atoms with Crippen molar-refractivity contribution in [3.63, 3.8) is 0 Å². The van der Waals surface area contributed by atoms with Crippen LogP contribution in [0.15, 0.2) is 64.0 Å². The lowest BCUT2D eigenvalue weighted by atomic mass is 9.87. The Morgan fingerprint density at radius 3 is 1.91 bits per heavy atom. The monoisotopic (exact) mass is 640 g/mol. The summed E-state index contributed by atoms with van der Waals surface area (Å²) in [5.41, 5.74) is -1.30. The quantitative estimate of drug-likeness (QED) is 0.238. The molecular weight excluding hydrogens is 631 g/mol. The molecule has 13 heteroatoms. The zero-order valence-electron chi connectivity index (χ0n) is 16.4. The van der Waals surface area contributed by atoms with E-state index in [4.69, 9.17) is 0 Å². The smallest absolute Gasteiger partial charge is 0.248 e. The fraction of sp³-hybridized carbons (Fsp3) is 0.238. The van der Waals surface area contributed by atoms with Crippen molar-refractivity contribution >= 4 is 48.2 Å². The van der Waals surface area contributed by atoms with E-state index < -0.39 is 60.2 Å². The topological polar surface area (TPSA) is 17.1 Å². The van der Waals surface area contributed by atoms with Gasteiger partial charge in [0, 0.05) is 27.6 Å². The first kappa shape index (κ1) is 27.0. The molecule has 2 unspecified atom stereocenters. The van der Waals surface area contributed by atoms with Gasteiger partial charge in [0.15, 0.2) is 0 Å². The highest BCUT2D eigenvalue weighted by Gasteiger charge is 2.76. The summed E-state index contributed by atoms with van der Waals surface area (Å²) in [4.78, 5) is -1.24. The SMILES string of the molecule is O=S(C1=CC(Br)(c2ccccc2F)CC(Br)=C1c1ccccc1F)C(F)(F)C(F)(F)C(F)(F)F. The maximum atomic E-state index is 14.5. The van der Waals surface area contributed by atoms with Gasteiger partial charge in [0.05, 0.1) is 9.23 Å². The molecular formula is C21H11Br2F9OS. The molecule has 3 rings (SSSR count). The van der Waals surface area contributed by atoms with E-state index in [1.807, 2.05) is 0 Å². The van der Waals surface area contributed by atoms with E-state index in [1.165, 1.54) is 30.3 Å². The summed E-state index contributed by atoms with van der Waals surface area (Å²) in [6, 6.07) is 9.27. The van der Waals surface area contributed by atoms with E-state index in [9.17, 15) is 43.7 Å². The second-order valence-corrected chi connectivity index (χ2v) is 11.0. The standard InChI is InChI=1S/C21H11Br2F9OS/c22-13-9-18(23,12-6-2-4-8-15(12)25)10-16(17(13)11-5-1-3-7-14(11)24)34(33)21(31,32)19(26,27)20(28,29)30/h1-8,10H,9H2. The summed E-state index contributed by atoms with van der Waals surface area (Å²) in [6.07, 6.45) is -6.40. The Balaban J connectivity index is 2.30. The third-order valence-electron chi connectivity index (χ3n) is 4.91. The molecule has 0 amide bonds. The van der Waals surface area contributed by atoms with Crippen molar-refractivity contribution < 1.29 is 43.7 Å². The van der Waals surface area contributed by atoms with Crippen LogP contribution in [0.25, 0.3) is 5.57 Å². The molecule has 2 aromatic rings. The zero-order valence-corrected chi connectivity index (χ0v) is 20.4. The van der Waals surface area contributed by atoms with Crippen molar-refractivity contribution in [2.24, 2.45) is 0 Å². The summed E-state index contributed by atoms with van der Waals surface area (Å²) in [5, 5.41) is -6.15.